The molecule has 1 aromatic carbocycles. The van der Waals surface area contributed by atoms with Crippen LogP contribution in [0.2, 0.25) is 0 Å². The highest BCUT2D eigenvalue weighted by Crippen LogP contribution is 2.25. The van der Waals surface area contributed by atoms with Crippen molar-refractivity contribution in [2.75, 3.05) is 0 Å². The van der Waals surface area contributed by atoms with E-state index in [1.807, 2.05) is 16.9 Å². The maximum absolute atomic E-state index is 4.35. The lowest BCUT2D eigenvalue weighted by atomic mass is 9.86. The minimum Gasteiger partial charge on any atom is -0.244 e. The second kappa shape index (κ2) is 5.16. The second-order valence-electron chi connectivity index (χ2n) is 6.11. The summed E-state index contributed by atoms with van der Waals surface area (Å²) in [6, 6.07) is 10.5. The van der Waals surface area contributed by atoms with Gasteiger partial charge >= 0.3 is 0 Å². The molecule has 108 valence electrons. The number of hydrogen-bond donors (Lipinski definition) is 0. The van der Waals surface area contributed by atoms with Crippen LogP contribution < -0.4 is 0 Å². The zero-order valence-electron chi connectivity index (χ0n) is 12.5. The summed E-state index contributed by atoms with van der Waals surface area (Å²) in [7, 11) is 0. The Morgan fingerprint density at radius 1 is 1.00 bits per heavy atom. The molecule has 0 aliphatic carbocycles. The van der Waals surface area contributed by atoms with Gasteiger partial charge in [0.25, 0.3) is 0 Å². The SMILES string of the molecule is CC(C)(C)c1ccc(C(n2cccn2)n2cncn2)cc1. The Kier molecular flexibility index (Phi) is 3.33. The first-order valence-electron chi connectivity index (χ1n) is 6.99. The molecule has 0 N–H and O–H groups in total. The highest BCUT2D eigenvalue weighted by molar-refractivity contribution is 5.29. The molecule has 2 aromatic heterocycles. The molecule has 5 heteroatoms. The van der Waals surface area contributed by atoms with E-state index < -0.39 is 0 Å². The smallest absolute Gasteiger partial charge is 0.170 e. The minimum atomic E-state index is -0.114. The molecule has 2 heterocycles. The maximum atomic E-state index is 4.35. The van der Waals surface area contributed by atoms with Gasteiger partial charge in [0, 0.05) is 12.4 Å². The van der Waals surface area contributed by atoms with E-state index in [2.05, 4.69) is 60.2 Å². The quantitative estimate of drug-likeness (QED) is 0.741. The Morgan fingerprint density at radius 2 is 1.76 bits per heavy atom. The van der Waals surface area contributed by atoms with Crippen LogP contribution in [0.5, 0.6) is 0 Å². The van der Waals surface area contributed by atoms with E-state index in [9.17, 15) is 0 Å². The Labute approximate surface area is 124 Å². The van der Waals surface area contributed by atoms with E-state index in [1.54, 1.807) is 23.5 Å². The number of hydrogen-bond acceptors (Lipinski definition) is 3. The fourth-order valence-electron chi connectivity index (χ4n) is 2.35. The van der Waals surface area contributed by atoms with Crippen LogP contribution in [0.4, 0.5) is 0 Å². The lowest BCUT2D eigenvalue weighted by molar-refractivity contribution is 0.417. The number of nitrogens with zero attached hydrogens (tertiary/aromatic N) is 5. The molecule has 0 spiro atoms. The van der Waals surface area contributed by atoms with Crippen molar-refractivity contribution in [3.8, 4) is 0 Å². The normalized spacial score (nSPS) is 13.3. The van der Waals surface area contributed by atoms with Gasteiger partial charge in [0.1, 0.15) is 12.7 Å². The summed E-state index contributed by atoms with van der Waals surface area (Å²) in [6.45, 7) is 6.64. The molecule has 3 aromatic rings. The topological polar surface area (TPSA) is 48.5 Å². The Hall–Kier alpha value is -2.43. The van der Waals surface area contributed by atoms with Crippen LogP contribution >= 0.6 is 0 Å². The standard InChI is InChI=1S/C16H19N5/c1-16(2,3)14-7-5-13(6-8-14)15(20-10-4-9-18-20)21-12-17-11-19-21/h4-12,15H,1-3H3. The summed E-state index contributed by atoms with van der Waals surface area (Å²) < 4.78 is 3.68. The lowest BCUT2D eigenvalue weighted by Crippen LogP contribution is -2.21. The van der Waals surface area contributed by atoms with E-state index in [-0.39, 0.29) is 11.6 Å². The molecule has 0 aliphatic heterocycles. The van der Waals surface area contributed by atoms with E-state index in [4.69, 9.17) is 0 Å². The first kappa shape index (κ1) is 13.5. The summed E-state index contributed by atoms with van der Waals surface area (Å²) in [5.74, 6) is 0. The summed E-state index contributed by atoms with van der Waals surface area (Å²) in [5, 5.41) is 8.61. The van der Waals surface area contributed by atoms with E-state index in [0.29, 0.717) is 0 Å². The maximum Gasteiger partial charge on any atom is 0.170 e. The van der Waals surface area contributed by atoms with Gasteiger partial charge in [-0.05, 0) is 22.6 Å². The molecule has 0 bridgehead atoms. The van der Waals surface area contributed by atoms with Crippen molar-refractivity contribution in [3.63, 3.8) is 0 Å². The van der Waals surface area contributed by atoms with Gasteiger partial charge in [0.05, 0.1) is 0 Å². The predicted molar refractivity (Wildman–Crippen MR) is 80.9 cm³/mol. The molecule has 1 unspecified atom stereocenters. The average molecular weight is 281 g/mol. The van der Waals surface area contributed by atoms with Crippen LogP contribution in [-0.2, 0) is 5.41 Å². The molecular formula is C16H19N5. The van der Waals surface area contributed by atoms with Crippen LogP contribution in [0.25, 0.3) is 0 Å². The van der Waals surface area contributed by atoms with Crippen molar-refractivity contribution < 1.29 is 0 Å². The summed E-state index contributed by atoms with van der Waals surface area (Å²) in [4.78, 5) is 4.05. The van der Waals surface area contributed by atoms with Gasteiger partial charge in [-0.3, -0.25) is 0 Å². The zero-order chi connectivity index (χ0) is 14.9. The van der Waals surface area contributed by atoms with Crippen LogP contribution in [0.15, 0.2) is 55.4 Å². The van der Waals surface area contributed by atoms with Gasteiger partial charge in [-0.25, -0.2) is 14.3 Å². The lowest BCUT2D eigenvalue weighted by Gasteiger charge is -2.22. The highest BCUT2D eigenvalue weighted by Gasteiger charge is 2.18. The highest BCUT2D eigenvalue weighted by atomic mass is 15.5. The Bertz CT molecular complexity index is 641. The monoisotopic (exact) mass is 281 g/mol. The van der Waals surface area contributed by atoms with Gasteiger partial charge in [-0.15, -0.1) is 0 Å². The second-order valence-corrected chi connectivity index (χ2v) is 6.11. The largest absolute Gasteiger partial charge is 0.244 e. The predicted octanol–water partition coefficient (Wildman–Crippen LogP) is 2.87. The number of benzene rings is 1. The fourth-order valence-corrected chi connectivity index (χ4v) is 2.35. The number of rotatable bonds is 3. The van der Waals surface area contributed by atoms with Crippen molar-refractivity contribution in [2.24, 2.45) is 0 Å². The molecule has 5 nitrogen and oxygen atoms in total. The van der Waals surface area contributed by atoms with Crippen molar-refractivity contribution in [3.05, 3.63) is 66.5 Å². The van der Waals surface area contributed by atoms with Crippen molar-refractivity contribution >= 4 is 0 Å². The van der Waals surface area contributed by atoms with Crippen molar-refractivity contribution in [1.29, 1.82) is 0 Å². The first-order valence-corrected chi connectivity index (χ1v) is 6.99. The number of aromatic nitrogens is 5. The Morgan fingerprint density at radius 3 is 2.29 bits per heavy atom. The first-order chi connectivity index (χ1) is 10.1. The van der Waals surface area contributed by atoms with Gasteiger partial charge in [-0.1, -0.05) is 45.0 Å². The fraction of sp³-hybridized carbons (Fsp3) is 0.312. The summed E-state index contributed by atoms with van der Waals surface area (Å²) in [5.41, 5.74) is 2.58. The van der Waals surface area contributed by atoms with Gasteiger partial charge in [-0.2, -0.15) is 10.2 Å². The van der Waals surface area contributed by atoms with Crippen molar-refractivity contribution in [2.45, 2.75) is 32.4 Å². The van der Waals surface area contributed by atoms with Crippen LogP contribution in [0, 0.1) is 0 Å². The third-order valence-electron chi connectivity index (χ3n) is 3.54. The third-order valence-corrected chi connectivity index (χ3v) is 3.54. The van der Waals surface area contributed by atoms with Gasteiger partial charge in [0.15, 0.2) is 6.17 Å². The van der Waals surface area contributed by atoms with Crippen LogP contribution in [0.1, 0.15) is 38.1 Å². The van der Waals surface area contributed by atoms with E-state index in [0.717, 1.165) is 5.56 Å². The van der Waals surface area contributed by atoms with Crippen LogP contribution in [-0.4, -0.2) is 24.5 Å². The summed E-state index contributed by atoms with van der Waals surface area (Å²) in [6.07, 6.45) is 6.85. The molecule has 0 aliphatic rings. The van der Waals surface area contributed by atoms with Gasteiger partial charge < -0.3 is 0 Å². The zero-order valence-corrected chi connectivity index (χ0v) is 12.5. The van der Waals surface area contributed by atoms with Gasteiger partial charge in [0.2, 0.25) is 0 Å². The molecule has 0 amide bonds. The molecule has 0 fully saturated rings. The molecule has 0 saturated heterocycles. The van der Waals surface area contributed by atoms with Crippen LogP contribution in [0.3, 0.4) is 0 Å². The van der Waals surface area contributed by atoms with E-state index in [1.165, 1.54) is 5.56 Å². The molecular weight excluding hydrogens is 262 g/mol. The molecule has 21 heavy (non-hydrogen) atoms. The average Bonchev–Trinajstić information content (AvgIpc) is 3.12. The molecule has 1 atom stereocenters. The summed E-state index contributed by atoms with van der Waals surface area (Å²) >= 11 is 0. The molecule has 0 saturated carbocycles. The van der Waals surface area contributed by atoms with E-state index >= 15 is 0 Å². The Balaban J connectivity index is 2.02. The van der Waals surface area contributed by atoms with Crippen molar-refractivity contribution in [1.82, 2.24) is 24.5 Å². The molecule has 0 radical (unpaired) electrons. The third kappa shape index (κ3) is 2.72. The minimum absolute atomic E-state index is 0.114. The molecule has 3 rings (SSSR count).